The average molecular weight is 399 g/mol. The monoisotopic (exact) mass is 398 g/mol. The van der Waals surface area contributed by atoms with Crippen LogP contribution in [0.2, 0.25) is 0 Å². The van der Waals surface area contributed by atoms with Gasteiger partial charge in [0.05, 0.1) is 6.10 Å². The van der Waals surface area contributed by atoms with E-state index >= 15 is 0 Å². The molecule has 3 fully saturated rings. The van der Waals surface area contributed by atoms with Crippen LogP contribution < -0.4 is 0 Å². The van der Waals surface area contributed by atoms with Crippen molar-refractivity contribution in [3.8, 4) is 0 Å². The number of allylic oxidation sites excluding steroid dienone is 3. The molecular formula is C28H46O. The quantitative estimate of drug-likeness (QED) is 0.474. The van der Waals surface area contributed by atoms with E-state index in [2.05, 4.69) is 52.8 Å². The van der Waals surface area contributed by atoms with E-state index in [1.54, 1.807) is 5.57 Å². The largest absolute Gasteiger partial charge is 0.393 e. The molecule has 4 aliphatic carbocycles. The molecule has 4 aliphatic rings. The second kappa shape index (κ2) is 8.18. The average Bonchev–Trinajstić information content (AvgIpc) is 3.02. The highest BCUT2D eigenvalue weighted by Crippen LogP contribution is 2.66. The number of hydrogen-bond acceptors (Lipinski definition) is 1. The van der Waals surface area contributed by atoms with Gasteiger partial charge >= 0.3 is 0 Å². The van der Waals surface area contributed by atoms with Gasteiger partial charge in [0, 0.05) is 0 Å². The van der Waals surface area contributed by atoms with Crippen LogP contribution in [0.4, 0.5) is 0 Å². The molecule has 0 heterocycles. The summed E-state index contributed by atoms with van der Waals surface area (Å²) in [7, 11) is 0. The van der Waals surface area contributed by atoms with Gasteiger partial charge < -0.3 is 5.11 Å². The molecule has 0 aliphatic heterocycles. The lowest BCUT2D eigenvalue weighted by atomic mass is 9.47. The highest BCUT2D eigenvalue weighted by molar-refractivity contribution is 5.25. The maximum atomic E-state index is 10.2. The van der Waals surface area contributed by atoms with E-state index in [-0.39, 0.29) is 6.10 Å². The number of rotatable bonds is 5. The Morgan fingerprint density at radius 3 is 2.62 bits per heavy atom. The van der Waals surface area contributed by atoms with E-state index in [1.165, 1.54) is 51.4 Å². The second-order valence-electron chi connectivity index (χ2n) is 12.0. The zero-order chi connectivity index (χ0) is 20.8. The maximum Gasteiger partial charge on any atom is 0.0577 e. The summed E-state index contributed by atoms with van der Waals surface area (Å²) in [4.78, 5) is 0. The molecule has 0 radical (unpaired) electrons. The van der Waals surface area contributed by atoms with Crippen molar-refractivity contribution in [3.05, 3.63) is 23.8 Å². The molecule has 0 aromatic heterocycles. The molecule has 1 nitrogen and oxygen atoms in total. The molecule has 0 aromatic carbocycles. The summed E-state index contributed by atoms with van der Waals surface area (Å²) in [6, 6.07) is 0. The van der Waals surface area contributed by atoms with Crippen LogP contribution in [0.3, 0.4) is 0 Å². The molecule has 4 rings (SSSR count). The van der Waals surface area contributed by atoms with Crippen molar-refractivity contribution in [2.45, 2.75) is 105 Å². The van der Waals surface area contributed by atoms with Crippen LogP contribution >= 0.6 is 0 Å². The molecule has 164 valence electrons. The summed E-state index contributed by atoms with van der Waals surface area (Å²) >= 11 is 0. The molecule has 1 heteroatoms. The van der Waals surface area contributed by atoms with E-state index in [1.807, 2.05) is 0 Å². The normalized spacial score (nSPS) is 45.6. The summed E-state index contributed by atoms with van der Waals surface area (Å²) < 4.78 is 0. The Bertz CT molecular complexity index is 645. The van der Waals surface area contributed by atoms with Crippen LogP contribution in [0.1, 0.15) is 98.8 Å². The standard InChI is InChI=1S/C28H46O/c1-6-20(19(2)3)8-7-9-21-11-13-25-24-12-10-22-18-23(29)14-16-28(22,5)26(24)15-17-27(21,25)4/h7-8,10,19-21,23-26,29H,6,9,11-18H2,1-5H3/b8-7+/t20-,21+,23+,24?,25?,26?,27-,28+/m1/s1. The third kappa shape index (κ3) is 3.68. The summed E-state index contributed by atoms with van der Waals surface area (Å²) in [5.41, 5.74) is 2.55. The molecule has 3 unspecified atom stereocenters. The van der Waals surface area contributed by atoms with Gasteiger partial charge in [-0.2, -0.15) is 0 Å². The van der Waals surface area contributed by atoms with E-state index in [9.17, 15) is 5.11 Å². The van der Waals surface area contributed by atoms with E-state index in [4.69, 9.17) is 0 Å². The summed E-state index contributed by atoms with van der Waals surface area (Å²) in [6.07, 6.45) is 20.4. The number of hydrogen-bond donors (Lipinski definition) is 1. The minimum Gasteiger partial charge on any atom is -0.393 e. The van der Waals surface area contributed by atoms with Gasteiger partial charge in [-0.3, -0.25) is 0 Å². The number of fused-ring (bicyclic) bond motifs is 5. The second-order valence-corrected chi connectivity index (χ2v) is 12.0. The minimum absolute atomic E-state index is 0.0832. The Labute approximate surface area is 180 Å². The first-order chi connectivity index (χ1) is 13.8. The molecule has 0 aromatic rings. The lowest BCUT2D eigenvalue weighted by Crippen LogP contribution is -2.50. The van der Waals surface area contributed by atoms with Crippen LogP contribution in [0.15, 0.2) is 23.8 Å². The van der Waals surface area contributed by atoms with Gasteiger partial charge in [-0.15, -0.1) is 0 Å². The first-order valence-electron chi connectivity index (χ1n) is 12.8. The molecular weight excluding hydrogens is 352 g/mol. The molecule has 0 spiro atoms. The summed E-state index contributed by atoms with van der Waals surface area (Å²) in [5, 5.41) is 10.2. The number of aliphatic hydroxyl groups excluding tert-OH is 1. The summed E-state index contributed by atoms with van der Waals surface area (Å²) in [5.74, 6) is 5.09. The zero-order valence-corrected chi connectivity index (χ0v) is 19.8. The molecule has 1 N–H and O–H groups in total. The van der Waals surface area contributed by atoms with Gasteiger partial charge in [0.1, 0.15) is 0 Å². The lowest BCUT2D eigenvalue weighted by molar-refractivity contribution is -0.0492. The third-order valence-electron chi connectivity index (χ3n) is 10.4. The van der Waals surface area contributed by atoms with E-state index < -0.39 is 0 Å². The van der Waals surface area contributed by atoms with Gasteiger partial charge in [0.25, 0.3) is 0 Å². The minimum atomic E-state index is -0.0832. The Kier molecular flexibility index (Phi) is 6.11. The predicted octanol–water partition coefficient (Wildman–Crippen LogP) is 7.55. The maximum absolute atomic E-state index is 10.2. The predicted molar refractivity (Wildman–Crippen MR) is 124 cm³/mol. The van der Waals surface area contributed by atoms with Crippen molar-refractivity contribution in [2.75, 3.05) is 0 Å². The zero-order valence-electron chi connectivity index (χ0n) is 19.8. The Hall–Kier alpha value is -0.560. The molecule has 3 saturated carbocycles. The van der Waals surface area contributed by atoms with Crippen LogP contribution in [0.25, 0.3) is 0 Å². The van der Waals surface area contributed by atoms with Crippen molar-refractivity contribution in [3.63, 3.8) is 0 Å². The van der Waals surface area contributed by atoms with E-state index in [0.717, 1.165) is 48.3 Å². The van der Waals surface area contributed by atoms with Gasteiger partial charge in [-0.05, 0) is 111 Å². The first-order valence-corrected chi connectivity index (χ1v) is 12.8. The Morgan fingerprint density at radius 1 is 1.10 bits per heavy atom. The summed E-state index contributed by atoms with van der Waals surface area (Å²) in [6.45, 7) is 12.3. The topological polar surface area (TPSA) is 20.2 Å². The van der Waals surface area contributed by atoms with Crippen molar-refractivity contribution < 1.29 is 5.11 Å². The molecule has 0 amide bonds. The van der Waals surface area contributed by atoms with Crippen LogP contribution in [-0.2, 0) is 0 Å². The fourth-order valence-electron chi connectivity index (χ4n) is 8.39. The number of aliphatic hydroxyl groups is 1. The Morgan fingerprint density at radius 2 is 1.90 bits per heavy atom. The van der Waals surface area contributed by atoms with Gasteiger partial charge in [0.2, 0.25) is 0 Å². The van der Waals surface area contributed by atoms with Crippen molar-refractivity contribution in [1.82, 2.24) is 0 Å². The molecule has 0 bridgehead atoms. The van der Waals surface area contributed by atoms with E-state index in [0.29, 0.717) is 10.8 Å². The smallest absolute Gasteiger partial charge is 0.0577 e. The van der Waals surface area contributed by atoms with Gasteiger partial charge in [-0.25, -0.2) is 0 Å². The van der Waals surface area contributed by atoms with Crippen molar-refractivity contribution in [2.24, 2.45) is 46.3 Å². The highest BCUT2D eigenvalue weighted by atomic mass is 16.3. The van der Waals surface area contributed by atoms with Crippen LogP contribution in [0, 0.1) is 46.3 Å². The molecule has 8 atom stereocenters. The lowest BCUT2D eigenvalue weighted by Gasteiger charge is -2.58. The first kappa shape index (κ1) is 21.7. The Balaban J connectivity index is 1.48. The van der Waals surface area contributed by atoms with Crippen LogP contribution in [0.5, 0.6) is 0 Å². The third-order valence-corrected chi connectivity index (χ3v) is 10.4. The van der Waals surface area contributed by atoms with Crippen molar-refractivity contribution >= 4 is 0 Å². The fourth-order valence-corrected chi connectivity index (χ4v) is 8.39. The molecule has 29 heavy (non-hydrogen) atoms. The molecule has 0 saturated heterocycles. The highest BCUT2D eigenvalue weighted by Gasteiger charge is 2.58. The van der Waals surface area contributed by atoms with Crippen molar-refractivity contribution in [1.29, 1.82) is 0 Å². The SMILES string of the molecule is CC[C@H](/C=C/C[C@H]1CCC2C3CC=C4C[C@@H](O)CC[C@]4(C)C3CC[C@@]21C)C(C)C. The van der Waals surface area contributed by atoms with Crippen LogP contribution in [-0.4, -0.2) is 11.2 Å². The van der Waals surface area contributed by atoms with Gasteiger partial charge in [0.15, 0.2) is 0 Å². The fraction of sp³-hybridized carbons (Fsp3) is 0.857. The van der Waals surface area contributed by atoms with Gasteiger partial charge in [-0.1, -0.05) is 58.4 Å².